The maximum absolute atomic E-state index is 12.7. The number of aromatic nitrogens is 4. The van der Waals surface area contributed by atoms with E-state index >= 15 is 0 Å². The van der Waals surface area contributed by atoms with Crippen LogP contribution in [0.4, 0.5) is 5.82 Å². The Balaban J connectivity index is 1.37. The Hall–Kier alpha value is -2.63. The topological polar surface area (TPSA) is 120 Å². The van der Waals surface area contributed by atoms with Gasteiger partial charge in [0.1, 0.15) is 11.6 Å². The average molecular weight is 488 g/mol. The Morgan fingerprint density at radius 2 is 2.09 bits per heavy atom. The molecule has 1 atom stereocenters. The van der Waals surface area contributed by atoms with Gasteiger partial charge in [0.05, 0.1) is 19.3 Å². The molecule has 184 valence electrons. The Morgan fingerprint density at radius 3 is 2.76 bits per heavy atom. The van der Waals surface area contributed by atoms with Gasteiger partial charge in [0, 0.05) is 44.7 Å². The minimum absolute atomic E-state index is 0.0210. The lowest BCUT2D eigenvalue weighted by Crippen LogP contribution is -2.39. The van der Waals surface area contributed by atoms with Gasteiger partial charge in [-0.25, -0.2) is 9.67 Å². The van der Waals surface area contributed by atoms with E-state index in [-0.39, 0.29) is 30.3 Å². The zero-order chi connectivity index (χ0) is 24.1. The van der Waals surface area contributed by atoms with Gasteiger partial charge in [0.2, 0.25) is 11.8 Å². The molecular formula is C23H33N7O3S. The quantitative estimate of drug-likeness (QED) is 0.519. The van der Waals surface area contributed by atoms with Crippen LogP contribution in [0.15, 0.2) is 18.3 Å². The summed E-state index contributed by atoms with van der Waals surface area (Å²) in [5.74, 6) is 1.01. The molecule has 2 aromatic heterocycles. The third kappa shape index (κ3) is 6.08. The summed E-state index contributed by atoms with van der Waals surface area (Å²) in [5.41, 5.74) is 6.32. The number of hydrogen-bond acceptors (Lipinski definition) is 7. The van der Waals surface area contributed by atoms with Crippen molar-refractivity contribution >= 4 is 29.9 Å². The third-order valence-corrected chi connectivity index (χ3v) is 6.98. The van der Waals surface area contributed by atoms with E-state index in [9.17, 15) is 9.59 Å². The molecule has 0 radical (unpaired) electrons. The number of pyridine rings is 1. The lowest BCUT2D eigenvalue weighted by Gasteiger charge is -2.30. The predicted molar refractivity (Wildman–Crippen MR) is 129 cm³/mol. The van der Waals surface area contributed by atoms with Crippen LogP contribution in [-0.2, 0) is 34.0 Å². The molecule has 2 saturated heterocycles. The Bertz CT molecular complexity index is 1070. The highest BCUT2D eigenvalue weighted by Crippen LogP contribution is 2.21. The fourth-order valence-corrected chi connectivity index (χ4v) is 4.81. The van der Waals surface area contributed by atoms with E-state index in [4.69, 9.17) is 27.8 Å². The Morgan fingerprint density at radius 1 is 1.29 bits per heavy atom. The van der Waals surface area contributed by atoms with Crippen molar-refractivity contribution in [1.29, 1.82) is 0 Å². The lowest BCUT2D eigenvalue weighted by molar-refractivity contribution is -0.121. The second-order valence-corrected chi connectivity index (χ2v) is 9.47. The standard InChI is InChI=1S/C23H33N7O3S/c1-16-4-2-10-25-21(16)26-22(32)17-8-11-28(12-9-17)15-30-23(34)29(14-18-5-3-13-33-18)20(27-30)7-6-19(24)31/h2,4,10,17-18H,3,5-9,11-15H2,1H3,(H2,24,31)(H,25,26,32). The van der Waals surface area contributed by atoms with Crippen molar-refractivity contribution in [2.24, 2.45) is 11.7 Å². The molecule has 1 unspecified atom stereocenters. The summed E-state index contributed by atoms with van der Waals surface area (Å²) in [7, 11) is 0. The average Bonchev–Trinajstić information content (AvgIpc) is 3.44. The summed E-state index contributed by atoms with van der Waals surface area (Å²) in [6.45, 7) is 5.44. The number of carbonyl (C=O) groups is 2. The van der Waals surface area contributed by atoms with Gasteiger partial charge in [-0.2, -0.15) is 5.10 Å². The van der Waals surface area contributed by atoms with Crippen LogP contribution < -0.4 is 11.1 Å². The van der Waals surface area contributed by atoms with Crippen LogP contribution in [0.25, 0.3) is 0 Å². The largest absolute Gasteiger partial charge is 0.376 e. The van der Waals surface area contributed by atoms with Crippen molar-refractivity contribution in [2.45, 2.75) is 64.8 Å². The highest BCUT2D eigenvalue weighted by atomic mass is 32.1. The number of likely N-dealkylation sites (tertiary alicyclic amines) is 1. The van der Waals surface area contributed by atoms with Crippen LogP contribution >= 0.6 is 12.2 Å². The van der Waals surface area contributed by atoms with E-state index in [1.165, 1.54) is 0 Å². The van der Waals surface area contributed by atoms with E-state index < -0.39 is 0 Å². The molecule has 4 rings (SSSR count). The molecule has 2 aromatic rings. The number of piperidine rings is 1. The molecule has 3 N–H and O–H groups in total. The highest BCUT2D eigenvalue weighted by Gasteiger charge is 2.27. The molecule has 0 aromatic carbocycles. The second kappa shape index (κ2) is 11.2. The first-order chi connectivity index (χ1) is 16.4. The van der Waals surface area contributed by atoms with Crippen molar-refractivity contribution in [3.8, 4) is 0 Å². The van der Waals surface area contributed by atoms with Crippen LogP contribution in [-0.4, -0.2) is 61.8 Å². The van der Waals surface area contributed by atoms with Gasteiger partial charge in [0.25, 0.3) is 0 Å². The first-order valence-corrected chi connectivity index (χ1v) is 12.3. The molecular weight excluding hydrogens is 454 g/mol. The Kier molecular flexibility index (Phi) is 8.07. The van der Waals surface area contributed by atoms with Gasteiger partial charge in [0.15, 0.2) is 4.77 Å². The first kappa shape index (κ1) is 24.5. The molecule has 0 saturated carbocycles. The van der Waals surface area contributed by atoms with E-state index in [2.05, 4.69) is 15.2 Å². The van der Waals surface area contributed by atoms with E-state index in [0.29, 0.717) is 30.2 Å². The molecule has 10 nitrogen and oxygen atoms in total. The molecule has 0 bridgehead atoms. The number of nitrogens with one attached hydrogen (secondary N) is 1. The van der Waals surface area contributed by atoms with Gasteiger partial charge in [-0.3, -0.25) is 14.5 Å². The number of ether oxygens (including phenoxy) is 1. The normalized spacial score (nSPS) is 19.4. The molecule has 2 aliphatic heterocycles. The second-order valence-electron chi connectivity index (χ2n) is 9.10. The van der Waals surface area contributed by atoms with Gasteiger partial charge >= 0.3 is 0 Å². The monoisotopic (exact) mass is 487 g/mol. The predicted octanol–water partition coefficient (Wildman–Crippen LogP) is 2.02. The van der Waals surface area contributed by atoms with Crippen LogP contribution in [0.5, 0.6) is 0 Å². The molecule has 0 spiro atoms. The molecule has 4 heterocycles. The molecule has 2 fully saturated rings. The van der Waals surface area contributed by atoms with Gasteiger partial charge in [-0.1, -0.05) is 6.07 Å². The van der Waals surface area contributed by atoms with Crippen LogP contribution in [0.3, 0.4) is 0 Å². The molecule has 11 heteroatoms. The number of carbonyl (C=O) groups excluding carboxylic acids is 2. The number of anilines is 1. The Labute approximate surface area is 204 Å². The summed E-state index contributed by atoms with van der Waals surface area (Å²) >= 11 is 5.74. The minimum atomic E-state index is -0.356. The SMILES string of the molecule is Cc1cccnc1NC(=O)C1CCN(Cn2nc(CCC(N)=O)n(CC3CCCO3)c2=S)CC1. The molecule has 0 aliphatic carbocycles. The summed E-state index contributed by atoms with van der Waals surface area (Å²) in [5, 5.41) is 7.69. The number of nitrogens with zero attached hydrogens (tertiary/aromatic N) is 5. The summed E-state index contributed by atoms with van der Waals surface area (Å²) in [4.78, 5) is 30.6. The summed E-state index contributed by atoms with van der Waals surface area (Å²) in [6.07, 6.45) is 6.05. The molecule has 2 amide bonds. The third-order valence-electron chi connectivity index (χ3n) is 6.55. The fraction of sp³-hybridized carbons (Fsp3) is 0.609. The maximum atomic E-state index is 12.7. The van der Waals surface area contributed by atoms with Gasteiger partial charge in [-0.15, -0.1) is 0 Å². The fourth-order valence-electron chi connectivity index (χ4n) is 4.53. The van der Waals surface area contributed by atoms with Crippen molar-refractivity contribution in [1.82, 2.24) is 24.2 Å². The maximum Gasteiger partial charge on any atom is 0.228 e. The van der Waals surface area contributed by atoms with E-state index in [1.54, 1.807) is 6.20 Å². The van der Waals surface area contributed by atoms with Crippen molar-refractivity contribution < 1.29 is 14.3 Å². The van der Waals surface area contributed by atoms with Crippen LogP contribution in [0.2, 0.25) is 0 Å². The number of amides is 2. The van der Waals surface area contributed by atoms with Crippen LogP contribution in [0.1, 0.15) is 43.5 Å². The lowest BCUT2D eigenvalue weighted by atomic mass is 9.96. The number of aryl methyl sites for hydroxylation is 2. The minimum Gasteiger partial charge on any atom is -0.376 e. The van der Waals surface area contributed by atoms with Crippen LogP contribution in [0, 0.1) is 17.6 Å². The van der Waals surface area contributed by atoms with E-state index in [0.717, 1.165) is 56.8 Å². The summed E-state index contributed by atoms with van der Waals surface area (Å²) in [6, 6.07) is 3.79. The first-order valence-electron chi connectivity index (χ1n) is 11.9. The van der Waals surface area contributed by atoms with Crippen molar-refractivity contribution in [3.05, 3.63) is 34.5 Å². The number of primary amides is 1. The number of rotatable bonds is 9. The van der Waals surface area contributed by atoms with Gasteiger partial charge in [-0.05, 0) is 56.5 Å². The zero-order valence-corrected chi connectivity index (χ0v) is 20.4. The van der Waals surface area contributed by atoms with Crippen molar-refractivity contribution in [2.75, 3.05) is 25.0 Å². The van der Waals surface area contributed by atoms with Gasteiger partial charge < -0.3 is 20.4 Å². The summed E-state index contributed by atoms with van der Waals surface area (Å²) < 4.78 is 10.2. The number of nitrogens with two attached hydrogens (primary N) is 1. The zero-order valence-electron chi connectivity index (χ0n) is 19.6. The van der Waals surface area contributed by atoms with E-state index in [1.807, 2.05) is 28.3 Å². The molecule has 2 aliphatic rings. The highest BCUT2D eigenvalue weighted by molar-refractivity contribution is 7.71. The molecule has 34 heavy (non-hydrogen) atoms. The smallest absolute Gasteiger partial charge is 0.228 e. The van der Waals surface area contributed by atoms with Crippen molar-refractivity contribution in [3.63, 3.8) is 0 Å². The number of hydrogen-bond donors (Lipinski definition) is 2.